The second-order valence-corrected chi connectivity index (χ2v) is 9.53. The number of aliphatic hydroxyl groups excluding tert-OH is 1. The van der Waals surface area contributed by atoms with Gasteiger partial charge in [-0.2, -0.15) is 22.6 Å². The van der Waals surface area contributed by atoms with E-state index in [-0.39, 0.29) is 29.5 Å². The molecule has 1 amide bonds. The Morgan fingerprint density at radius 1 is 1.15 bits per heavy atom. The number of ether oxygens (including phenoxy) is 1. The number of aliphatic hydroxyl groups is 1. The molecule has 1 aromatic carbocycles. The number of piperazine rings is 1. The number of benzene rings is 1. The molecule has 0 atom stereocenters. The summed E-state index contributed by atoms with van der Waals surface area (Å²) in [6.07, 6.45) is -4.68. The van der Waals surface area contributed by atoms with Crippen LogP contribution in [0.1, 0.15) is 16.2 Å². The lowest BCUT2D eigenvalue weighted by molar-refractivity contribution is -0.141. The average molecular weight is 506 g/mol. The third-order valence-corrected chi connectivity index (χ3v) is 7.18. The topological polar surface area (TPSA) is 117 Å². The van der Waals surface area contributed by atoms with Crippen molar-refractivity contribution >= 4 is 21.6 Å². The number of amides is 1. The molecule has 0 saturated carbocycles. The Labute approximate surface area is 195 Å². The smallest absolute Gasteiger partial charge is 0.394 e. The number of aromatic nitrogens is 2. The predicted octanol–water partition coefficient (Wildman–Crippen LogP) is 1.01. The minimum absolute atomic E-state index is 0.0448. The summed E-state index contributed by atoms with van der Waals surface area (Å²) in [5, 5.41) is 14.5. The molecule has 1 aliphatic heterocycles. The number of rotatable bonds is 9. The molecule has 1 aliphatic rings. The van der Waals surface area contributed by atoms with E-state index in [1.807, 2.05) is 0 Å². The highest BCUT2D eigenvalue weighted by atomic mass is 32.2. The number of alkyl halides is 3. The van der Waals surface area contributed by atoms with Gasteiger partial charge in [-0.05, 0) is 24.3 Å². The molecule has 10 nitrogen and oxygen atoms in total. The molecule has 3 rings (SSSR count). The normalized spacial score (nSPS) is 16.0. The summed E-state index contributed by atoms with van der Waals surface area (Å²) in [6, 6.07) is 6.07. The Kier molecular flexibility index (Phi) is 8.30. The number of anilines is 1. The second kappa shape index (κ2) is 10.8. The van der Waals surface area contributed by atoms with E-state index in [1.165, 1.54) is 35.6 Å². The summed E-state index contributed by atoms with van der Waals surface area (Å²) in [6.45, 7) is 3.02. The van der Waals surface area contributed by atoms with Crippen molar-refractivity contribution in [1.82, 2.24) is 19.0 Å². The van der Waals surface area contributed by atoms with Gasteiger partial charge in [0.1, 0.15) is 5.69 Å². The van der Waals surface area contributed by atoms with Gasteiger partial charge in [-0.3, -0.25) is 14.4 Å². The zero-order valence-corrected chi connectivity index (χ0v) is 19.3. The molecule has 0 unspecified atom stereocenters. The van der Waals surface area contributed by atoms with E-state index < -0.39 is 27.8 Å². The summed E-state index contributed by atoms with van der Waals surface area (Å²) in [5.41, 5.74) is -1.24. The van der Waals surface area contributed by atoms with E-state index >= 15 is 0 Å². The van der Waals surface area contributed by atoms with Crippen molar-refractivity contribution in [2.75, 3.05) is 57.9 Å². The van der Waals surface area contributed by atoms with Crippen molar-refractivity contribution in [2.24, 2.45) is 7.05 Å². The molecule has 188 valence electrons. The minimum atomic E-state index is -4.68. The fourth-order valence-electron chi connectivity index (χ4n) is 3.43. The third-order valence-electron chi connectivity index (χ3n) is 5.27. The van der Waals surface area contributed by atoms with Crippen LogP contribution in [0.4, 0.5) is 18.9 Å². The molecule has 0 bridgehead atoms. The molecule has 2 aromatic rings. The highest BCUT2D eigenvalue weighted by Crippen LogP contribution is 2.28. The van der Waals surface area contributed by atoms with Crippen LogP contribution in [-0.2, 0) is 28.0 Å². The van der Waals surface area contributed by atoms with Gasteiger partial charge < -0.3 is 15.2 Å². The molecule has 0 radical (unpaired) electrons. The van der Waals surface area contributed by atoms with Crippen LogP contribution < -0.4 is 5.32 Å². The van der Waals surface area contributed by atoms with Gasteiger partial charge >= 0.3 is 6.18 Å². The van der Waals surface area contributed by atoms with Gasteiger partial charge in [0.2, 0.25) is 10.0 Å². The monoisotopic (exact) mass is 505 g/mol. The number of hydrogen-bond donors (Lipinski definition) is 2. The van der Waals surface area contributed by atoms with Gasteiger partial charge in [-0.15, -0.1) is 0 Å². The molecular formula is C20H26F3N5O5S. The summed E-state index contributed by atoms with van der Waals surface area (Å²) in [5.74, 6) is -0.805. The maximum Gasteiger partial charge on any atom is 0.435 e. The number of sulfonamides is 1. The minimum Gasteiger partial charge on any atom is -0.394 e. The Morgan fingerprint density at radius 2 is 1.79 bits per heavy atom. The standard InChI is InChI=1S/C20H26F3N5O5S/c1-26-17(14-18(25-26)20(21,22)23)19(30)24-15-2-4-16(5-3-15)34(31,32)28-8-6-27(7-9-28)10-12-33-13-11-29/h2-5,14,29H,6-13H2,1H3,(H,24,30). The molecule has 2 heterocycles. The lowest BCUT2D eigenvalue weighted by Gasteiger charge is -2.33. The number of nitrogens with one attached hydrogen (secondary N) is 1. The molecule has 34 heavy (non-hydrogen) atoms. The zero-order valence-electron chi connectivity index (χ0n) is 18.5. The van der Waals surface area contributed by atoms with Crippen LogP contribution in [0, 0.1) is 0 Å². The van der Waals surface area contributed by atoms with Gasteiger partial charge in [0, 0.05) is 51.5 Å². The molecule has 1 fully saturated rings. The zero-order chi connectivity index (χ0) is 24.9. The lowest BCUT2D eigenvalue weighted by atomic mass is 10.3. The lowest BCUT2D eigenvalue weighted by Crippen LogP contribution is -2.49. The predicted molar refractivity (Wildman–Crippen MR) is 116 cm³/mol. The van der Waals surface area contributed by atoms with Crippen molar-refractivity contribution < 1.29 is 36.2 Å². The highest BCUT2D eigenvalue weighted by Gasteiger charge is 2.35. The fourth-order valence-corrected chi connectivity index (χ4v) is 4.85. The van der Waals surface area contributed by atoms with Crippen LogP contribution in [-0.4, -0.2) is 91.0 Å². The molecule has 14 heteroatoms. The van der Waals surface area contributed by atoms with E-state index in [0.717, 1.165) is 4.68 Å². The van der Waals surface area contributed by atoms with E-state index in [4.69, 9.17) is 9.84 Å². The van der Waals surface area contributed by atoms with Crippen molar-refractivity contribution in [3.8, 4) is 0 Å². The molecule has 1 saturated heterocycles. The van der Waals surface area contributed by atoms with Gasteiger partial charge in [-0.25, -0.2) is 8.42 Å². The number of aryl methyl sites for hydroxylation is 1. The molecule has 0 aliphatic carbocycles. The average Bonchev–Trinajstić information content (AvgIpc) is 3.20. The Hall–Kier alpha value is -2.52. The van der Waals surface area contributed by atoms with Crippen LogP contribution >= 0.6 is 0 Å². The second-order valence-electron chi connectivity index (χ2n) is 7.60. The molecular weight excluding hydrogens is 479 g/mol. The van der Waals surface area contributed by atoms with Gasteiger partial charge in [0.25, 0.3) is 5.91 Å². The van der Waals surface area contributed by atoms with Crippen molar-refractivity contribution in [3.63, 3.8) is 0 Å². The van der Waals surface area contributed by atoms with E-state index in [1.54, 1.807) is 0 Å². The molecule has 0 spiro atoms. The largest absolute Gasteiger partial charge is 0.435 e. The summed E-state index contributed by atoms with van der Waals surface area (Å²) in [4.78, 5) is 14.5. The van der Waals surface area contributed by atoms with Crippen molar-refractivity contribution in [2.45, 2.75) is 11.1 Å². The van der Waals surface area contributed by atoms with E-state index in [9.17, 15) is 26.4 Å². The number of hydrogen-bond acceptors (Lipinski definition) is 7. The first-order chi connectivity index (χ1) is 16.0. The molecule has 1 aromatic heterocycles. The molecule has 2 N–H and O–H groups in total. The Bertz CT molecular complexity index is 1080. The summed E-state index contributed by atoms with van der Waals surface area (Å²) >= 11 is 0. The number of carbonyl (C=O) groups excluding carboxylic acids is 1. The van der Waals surface area contributed by atoms with E-state index in [2.05, 4.69) is 15.3 Å². The first-order valence-electron chi connectivity index (χ1n) is 10.5. The van der Waals surface area contributed by atoms with Gasteiger partial charge in [0.05, 0.1) is 24.7 Å². The van der Waals surface area contributed by atoms with Crippen LogP contribution in [0.15, 0.2) is 35.2 Å². The highest BCUT2D eigenvalue weighted by molar-refractivity contribution is 7.89. The third kappa shape index (κ3) is 6.33. The van der Waals surface area contributed by atoms with Crippen molar-refractivity contribution in [3.05, 3.63) is 41.7 Å². The first-order valence-corrected chi connectivity index (χ1v) is 11.9. The fraction of sp³-hybridized carbons (Fsp3) is 0.500. The summed E-state index contributed by atoms with van der Waals surface area (Å²) in [7, 11) is -2.52. The number of nitrogens with zero attached hydrogens (tertiary/aromatic N) is 4. The Balaban J connectivity index is 1.59. The van der Waals surface area contributed by atoms with Gasteiger partial charge in [-0.1, -0.05) is 0 Å². The van der Waals surface area contributed by atoms with Crippen LogP contribution in [0.5, 0.6) is 0 Å². The maximum absolute atomic E-state index is 12.9. The SMILES string of the molecule is Cn1nc(C(F)(F)F)cc1C(=O)Nc1ccc(S(=O)(=O)N2CCN(CCOCCO)CC2)cc1. The maximum atomic E-state index is 12.9. The van der Waals surface area contributed by atoms with E-state index in [0.29, 0.717) is 45.4 Å². The van der Waals surface area contributed by atoms with Crippen molar-refractivity contribution in [1.29, 1.82) is 0 Å². The summed E-state index contributed by atoms with van der Waals surface area (Å²) < 4.78 is 71.7. The Morgan fingerprint density at radius 3 is 2.35 bits per heavy atom. The van der Waals surface area contributed by atoms with Crippen LogP contribution in [0.2, 0.25) is 0 Å². The number of halogens is 3. The first kappa shape index (κ1) is 26.1. The van der Waals surface area contributed by atoms with Gasteiger partial charge in [0.15, 0.2) is 5.69 Å². The van der Waals surface area contributed by atoms with Crippen LogP contribution in [0.3, 0.4) is 0 Å². The number of carbonyl (C=O) groups is 1. The van der Waals surface area contributed by atoms with Crippen LogP contribution in [0.25, 0.3) is 0 Å². The quantitative estimate of drug-likeness (QED) is 0.489.